The largest absolute Gasteiger partial charge is 0.321 e. The molecule has 1 atom stereocenters. The van der Waals surface area contributed by atoms with Crippen molar-refractivity contribution in [3.8, 4) is 11.3 Å². The van der Waals surface area contributed by atoms with Crippen LogP contribution in [0.5, 0.6) is 0 Å². The van der Waals surface area contributed by atoms with Crippen molar-refractivity contribution in [3.63, 3.8) is 0 Å². The minimum Gasteiger partial charge on any atom is -0.321 e. The van der Waals surface area contributed by atoms with Crippen molar-refractivity contribution in [2.45, 2.75) is 23.5 Å². The SMILES string of the molecule is CCC(Sc1cccc(NC(=O)/C(=C\c2ccccc2Cl)NC(=O)c2ccccc2)c1)C(=O)Nc1nc(-c2ccccc2Cl)cs1. The van der Waals surface area contributed by atoms with E-state index in [-0.39, 0.29) is 11.6 Å². The van der Waals surface area contributed by atoms with Gasteiger partial charge in [0.25, 0.3) is 11.8 Å². The molecular formula is C35H28Cl2N4O3S2. The van der Waals surface area contributed by atoms with Gasteiger partial charge in [-0.3, -0.25) is 14.4 Å². The van der Waals surface area contributed by atoms with E-state index in [1.165, 1.54) is 29.2 Å². The molecule has 0 bridgehead atoms. The second-order valence-corrected chi connectivity index (χ2v) is 12.9. The Balaban J connectivity index is 1.28. The predicted molar refractivity (Wildman–Crippen MR) is 190 cm³/mol. The molecule has 0 fully saturated rings. The summed E-state index contributed by atoms with van der Waals surface area (Å²) in [4.78, 5) is 45.0. The molecule has 0 radical (unpaired) electrons. The van der Waals surface area contributed by atoms with Gasteiger partial charge in [-0.25, -0.2) is 4.98 Å². The Morgan fingerprint density at radius 1 is 0.870 bits per heavy atom. The molecule has 7 nitrogen and oxygen atoms in total. The molecule has 1 heterocycles. The average molecular weight is 688 g/mol. The fourth-order valence-corrected chi connectivity index (χ4v) is 6.48. The Labute approximate surface area is 285 Å². The molecule has 0 spiro atoms. The number of carbonyl (C=O) groups is 3. The lowest BCUT2D eigenvalue weighted by molar-refractivity contribution is -0.116. The molecule has 0 saturated carbocycles. The first-order valence-electron chi connectivity index (χ1n) is 14.2. The van der Waals surface area contributed by atoms with Crippen LogP contribution >= 0.6 is 46.3 Å². The summed E-state index contributed by atoms with van der Waals surface area (Å²) in [6.45, 7) is 1.93. The van der Waals surface area contributed by atoms with E-state index < -0.39 is 17.1 Å². The van der Waals surface area contributed by atoms with Gasteiger partial charge in [0, 0.05) is 37.1 Å². The van der Waals surface area contributed by atoms with Crippen LogP contribution in [0.3, 0.4) is 0 Å². The van der Waals surface area contributed by atoms with Crippen LogP contribution in [0.1, 0.15) is 29.3 Å². The van der Waals surface area contributed by atoms with E-state index in [0.717, 1.165) is 10.5 Å². The van der Waals surface area contributed by atoms with Crippen molar-refractivity contribution in [1.29, 1.82) is 0 Å². The molecule has 0 saturated heterocycles. The maximum absolute atomic E-state index is 13.5. The van der Waals surface area contributed by atoms with Gasteiger partial charge in [0.1, 0.15) is 5.70 Å². The highest BCUT2D eigenvalue weighted by Gasteiger charge is 2.21. The van der Waals surface area contributed by atoms with Crippen LogP contribution in [0.4, 0.5) is 10.8 Å². The molecule has 1 aromatic heterocycles. The number of nitrogens with zero attached hydrogens (tertiary/aromatic N) is 1. The standard InChI is InChI=1S/C35H28Cl2N4O3S2/c1-2-31(34(44)41-35-40-30(21-45-35)26-16-7-9-18-28(26)37)46-25-15-10-14-24(20-25)38-33(43)29(19-23-13-6-8-17-27(23)36)39-32(42)22-11-4-3-5-12-22/h3-21,31H,2H2,1H3,(H,38,43)(H,39,42)(H,40,41,44)/b29-19+. The maximum Gasteiger partial charge on any atom is 0.272 e. The maximum atomic E-state index is 13.5. The van der Waals surface area contributed by atoms with Gasteiger partial charge in [0.05, 0.1) is 10.9 Å². The summed E-state index contributed by atoms with van der Waals surface area (Å²) in [5.41, 5.74) is 2.98. The molecule has 0 aliphatic rings. The summed E-state index contributed by atoms with van der Waals surface area (Å²) in [5, 5.41) is 11.4. The van der Waals surface area contributed by atoms with Crippen LogP contribution in [0.25, 0.3) is 17.3 Å². The lowest BCUT2D eigenvalue weighted by Crippen LogP contribution is -2.30. The predicted octanol–water partition coefficient (Wildman–Crippen LogP) is 9.04. The van der Waals surface area contributed by atoms with Gasteiger partial charge < -0.3 is 16.0 Å². The first-order chi connectivity index (χ1) is 22.3. The monoisotopic (exact) mass is 686 g/mol. The smallest absolute Gasteiger partial charge is 0.272 e. The molecule has 0 aliphatic heterocycles. The number of hydrogen-bond donors (Lipinski definition) is 3. The fraction of sp³-hybridized carbons (Fsp3) is 0.0857. The van der Waals surface area contributed by atoms with Crippen LogP contribution in [-0.2, 0) is 9.59 Å². The first-order valence-corrected chi connectivity index (χ1v) is 16.7. The van der Waals surface area contributed by atoms with E-state index in [0.29, 0.717) is 44.1 Å². The second-order valence-electron chi connectivity index (χ2n) is 9.90. The van der Waals surface area contributed by atoms with E-state index >= 15 is 0 Å². The van der Waals surface area contributed by atoms with Crippen molar-refractivity contribution in [1.82, 2.24) is 10.3 Å². The first kappa shape index (κ1) is 33.0. The number of hydrogen-bond acceptors (Lipinski definition) is 6. The summed E-state index contributed by atoms with van der Waals surface area (Å²) in [6, 6.07) is 30.2. The number of rotatable bonds is 11. The quantitative estimate of drug-likeness (QED) is 0.0951. The van der Waals surface area contributed by atoms with Crippen molar-refractivity contribution in [2.24, 2.45) is 0 Å². The Hall–Kier alpha value is -4.41. The van der Waals surface area contributed by atoms with Crippen LogP contribution < -0.4 is 16.0 Å². The molecule has 3 amide bonds. The summed E-state index contributed by atoms with van der Waals surface area (Å²) in [5.74, 6) is -1.15. The van der Waals surface area contributed by atoms with Gasteiger partial charge in [-0.05, 0) is 60.5 Å². The zero-order valence-electron chi connectivity index (χ0n) is 24.5. The average Bonchev–Trinajstić information content (AvgIpc) is 3.53. The molecule has 3 N–H and O–H groups in total. The Bertz CT molecular complexity index is 1900. The summed E-state index contributed by atoms with van der Waals surface area (Å²) >= 11 is 15.4. The Kier molecular flexibility index (Phi) is 11.3. The number of thioether (sulfide) groups is 1. The summed E-state index contributed by atoms with van der Waals surface area (Å²) in [7, 11) is 0. The van der Waals surface area contributed by atoms with Crippen molar-refractivity contribution < 1.29 is 14.4 Å². The van der Waals surface area contributed by atoms with E-state index in [4.69, 9.17) is 23.2 Å². The number of carbonyl (C=O) groups excluding carboxylic acids is 3. The summed E-state index contributed by atoms with van der Waals surface area (Å²) in [6.07, 6.45) is 2.09. The van der Waals surface area contributed by atoms with Crippen LogP contribution in [-0.4, -0.2) is 28.0 Å². The van der Waals surface area contributed by atoms with Crippen molar-refractivity contribution in [2.75, 3.05) is 10.6 Å². The Morgan fingerprint density at radius 2 is 1.59 bits per heavy atom. The highest BCUT2D eigenvalue weighted by Crippen LogP contribution is 2.32. The van der Waals surface area contributed by atoms with Crippen LogP contribution in [0.15, 0.2) is 119 Å². The number of thiazole rings is 1. The van der Waals surface area contributed by atoms with Gasteiger partial charge in [0.2, 0.25) is 5.91 Å². The second kappa shape index (κ2) is 15.7. The normalized spacial score (nSPS) is 11.8. The molecule has 232 valence electrons. The van der Waals surface area contributed by atoms with Crippen LogP contribution in [0, 0.1) is 0 Å². The van der Waals surface area contributed by atoms with Gasteiger partial charge in [-0.2, -0.15) is 0 Å². The number of nitrogens with one attached hydrogen (secondary N) is 3. The molecule has 5 rings (SSSR count). The molecule has 4 aromatic carbocycles. The number of amides is 3. The third-order valence-electron chi connectivity index (χ3n) is 6.65. The molecule has 46 heavy (non-hydrogen) atoms. The highest BCUT2D eigenvalue weighted by atomic mass is 35.5. The minimum atomic E-state index is -0.533. The van der Waals surface area contributed by atoms with Crippen LogP contribution in [0.2, 0.25) is 10.0 Å². The van der Waals surface area contributed by atoms with Crippen molar-refractivity contribution in [3.05, 3.63) is 135 Å². The zero-order chi connectivity index (χ0) is 32.5. The van der Waals surface area contributed by atoms with E-state index in [2.05, 4.69) is 20.9 Å². The third kappa shape index (κ3) is 8.64. The third-order valence-corrected chi connectivity index (χ3v) is 9.44. The van der Waals surface area contributed by atoms with Gasteiger partial charge >= 0.3 is 0 Å². The minimum absolute atomic E-state index is 0.0189. The molecule has 1 unspecified atom stereocenters. The van der Waals surface area contributed by atoms with Gasteiger partial charge in [-0.15, -0.1) is 23.1 Å². The number of anilines is 2. The Morgan fingerprint density at radius 3 is 2.33 bits per heavy atom. The molecule has 11 heteroatoms. The van der Waals surface area contributed by atoms with Gasteiger partial charge in [0.15, 0.2) is 5.13 Å². The number of benzene rings is 4. The van der Waals surface area contributed by atoms with E-state index in [9.17, 15) is 14.4 Å². The van der Waals surface area contributed by atoms with Gasteiger partial charge in [-0.1, -0.05) is 90.8 Å². The topological polar surface area (TPSA) is 100 Å². The fourth-order valence-electron chi connectivity index (χ4n) is 4.33. The van der Waals surface area contributed by atoms with E-state index in [1.54, 1.807) is 78.9 Å². The van der Waals surface area contributed by atoms with E-state index in [1.807, 2.05) is 36.6 Å². The highest BCUT2D eigenvalue weighted by molar-refractivity contribution is 8.00. The lowest BCUT2D eigenvalue weighted by atomic mass is 10.1. The molecular weight excluding hydrogens is 659 g/mol. The number of aromatic nitrogens is 1. The lowest BCUT2D eigenvalue weighted by Gasteiger charge is -2.15. The van der Waals surface area contributed by atoms with Crippen molar-refractivity contribution >= 4 is 80.9 Å². The summed E-state index contributed by atoms with van der Waals surface area (Å²) < 4.78 is 0. The molecule has 5 aromatic rings. The zero-order valence-corrected chi connectivity index (χ0v) is 27.6. The molecule has 0 aliphatic carbocycles. The number of halogens is 2.